The van der Waals surface area contributed by atoms with Crippen LogP contribution in [0.4, 0.5) is 23.7 Å². The topological polar surface area (TPSA) is 41.1 Å². The maximum absolute atomic E-state index is 12.8. The van der Waals surface area contributed by atoms with Gasteiger partial charge in [0.2, 0.25) is 0 Å². The molecule has 2 N–H and O–H groups in total. The SMILES string of the molecule is O=C(N/C=C/c1ccccc1Br)Nc1ccccc1C(F)(F)F. The Morgan fingerprint density at radius 3 is 2.39 bits per heavy atom. The van der Waals surface area contributed by atoms with Crippen LogP contribution in [0.2, 0.25) is 0 Å². The van der Waals surface area contributed by atoms with Crippen LogP contribution in [0.5, 0.6) is 0 Å². The maximum atomic E-state index is 12.8. The van der Waals surface area contributed by atoms with Crippen molar-refractivity contribution in [1.82, 2.24) is 5.32 Å². The van der Waals surface area contributed by atoms with E-state index in [-0.39, 0.29) is 5.69 Å². The predicted molar refractivity (Wildman–Crippen MR) is 86.8 cm³/mol. The fourth-order valence-corrected chi connectivity index (χ4v) is 2.23. The van der Waals surface area contributed by atoms with Gasteiger partial charge in [0, 0.05) is 10.7 Å². The molecule has 0 heterocycles. The van der Waals surface area contributed by atoms with Gasteiger partial charge >= 0.3 is 12.2 Å². The second-order valence-corrected chi connectivity index (χ2v) is 5.35. The summed E-state index contributed by atoms with van der Waals surface area (Å²) in [7, 11) is 0. The Kier molecular flexibility index (Phi) is 5.44. The van der Waals surface area contributed by atoms with Crippen molar-refractivity contribution in [3.05, 3.63) is 70.3 Å². The number of rotatable bonds is 3. The van der Waals surface area contributed by atoms with E-state index < -0.39 is 17.8 Å². The van der Waals surface area contributed by atoms with Crippen molar-refractivity contribution < 1.29 is 18.0 Å². The molecule has 0 saturated carbocycles. The number of hydrogen-bond donors (Lipinski definition) is 2. The van der Waals surface area contributed by atoms with E-state index in [1.54, 1.807) is 6.08 Å². The number of hydrogen-bond acceptors (Lipinski definition) is 1. The molecule has 2 aromatic carbocycles. The highest BCUT2D eigenvalue weighted by Gasteiger charge is 2.33. The minimum absolute atomic E-state index is 0.299. The van der Waals surface area contributed by atoms with Crippen LogP contribution in [-0.2, 0) is 6.18 Å². The summed E-state index contributed by atoms with van der Waals surface area (Å²) in [6.07, 6.45) is -1.56. The second-order valence-electron chi connectivity index (χ2n) is 4.50. The zero-order valence-electron chi connectivity index (χ0n) is 11.7. The Morgan fingerprint density at radius 2 is 1.70 bits per heavy atom. The number of nitrogens with one attached hydrogen (secondary N) is 2. The molecule has 3 nitrogen and oxygen atoms in total. The molecular formula is C16H12BrF3N2O. The Labute approximate surface area is 139 Å². The lowest BCUT2D eigenvalue weighted by atomic mass is 10.1. The normalized spacial score (nSPS) is 11.5. The Hall–Kier alpha value is -2.28. The molecule has 120 valence electrons. The number of alkyl halides is 3. The van der Waals surface area contributed by atoms with Gasteiger partial charge in [-0.25, -0.2) is 4.79 Å². The molecule has 2 amide bonds. The van der Waals surface area contributed by atoms with E-state index in [9.17, 15) is 18.0 Å². The average Bonchev–Trinajstić information content (AvgIpc) is 2.49. The molecule has 0 atom stereocenters. The van der Waals surface area contributed by atoms with Gasteiger partial charge in [0.1, 0.15) is 0 Å². The highest BCUT2D eigenvalue weighted by molar-refractivity contribution is 9.10. The van der Waals surface area contributed by atoms with Crippen molar-refractivity contribution in [3.63, 3.8) is 0 Å². The summed E-state index contributed by atoms with van der Waals surface area (Å²) >= 11 is 3.34. The highest BCUT2D eigenvalue weighted by Crippen LogP contribution is 2.34. The monoisotopic (exact) mass is 384 g/mol. The number of anilines is 1. The van der Waals surface area contributed by atoms with Crippen molar-refractivity contribution in [2.45, 2.75) is 6.18 Å². The third-order valence-electron chi connectivity index (χ3n) is 2.86. The molecular weight excluding hydrogens is 373 g/mol. The van der Waals surface area contributed by atoms with Crippen LogP contribution in [-0.4, -0.2) is 6.03 Å². The smallest absolute Gasteiger partial charge is 0.314 e. The summed E-state index contributed by atoms with van der Waals surface area (Å²) in [5, 5.41) is 4.55. The summed E-state index contributed by atoms with van der Waals surface area (Å²) in [5.74, 6) is 0. The molecule has 0 saturated heterocycles. The van der Waals surface area contributed by atoms with Crippen molar-refractivity contribution in [2.75, 3.05) is 5.32 Å². The van der Waals surface area contributed by atoms with Crippen LogP contribution < -0.4 is 10.6 Å². The molecule has 2 aromatic rings. The van der Waals surface area contributed by atoms with Crippen LogP contribution in [0.25, 0.3) is 6.08 Å². The van der Waals surface area contributed by atoms with E-state index >= 15 is 0 Å². The first-order valence-corrected chi connectivity index (χ1v) is 7.32. The van der Waals surface area contributed by atoms with Crippen LogP contribution in [0, 0.1) is 0 Å². The molecule has 0 radical (unpaired) electrons. The van der Waals surface area contributed by atoms with Crippen LogP contribution in [0.15, 0.2) is 59.2 Å². The summed E-state index contributed by atoms with van der Waals surface area (Å²) in [4.78, 5) is 11.7. The molecule has 2 rings (SSSR count). The van der Waals surface area contributed by atoms with Gasteiger partial charge in [-0.2, -0.15) is 13.2 Å². The number of amides is 2. The van der Waals surface area contributed by atoms with Gasteiger partial charge in [0.25, 0.3) is 0 Å². The van der Waals surface area contributed by atoms with Crippen molar-refractivity contribution in [2.24, 2.45) is 0 Å². The molecule has 7 heteroatoms. The molecule has 0 aliphatic rings. The van der Waals surface area contributed by atoms with Crippen molar-refractivity contribution in [3.8, 4) is 0 Å². The minimum atomic E-state index is -4.53. The molecule has 0 aliphatic carbocycles. The van der Waals surface area contributed by atoms with Crippen molar-refractivity contribution >= 4 is 33.7 Å². The number of para-hydroxylation sites is 1. The fraction of sp³-hybridized carbons (Fsp3) is 0.0625. The van der Waals surface area contributed by atoms with Gasteiger partial charge in [0.05, 0.1) is 11.3 Å². The number of carbonyl (C=O) groups excluding carboxylic acids is 1. The van der Waals surface area contributed by atoms with Gasteiger partial charge in [-0.1, -0.05) is 46.3 Å². The van der Waals surface area contributed by atoms with Crippen LogP contribution in [0.1, 0.15) is 11.1 Å². The molecule has 23 heavy (non-hydrogen) atoms. The van der Waals surface area contributed by atoms with Crippen molar-refractivity contribution in [1.29, 1.82) is 0 Å². The van der Waals surface area contributed by atoms with Crippen LogP contribution in [0.3, 0.4) is 0 Å². The molecule has 0 fully saturated rings. The summed E-state index contributed by atoms with van der Waals surface area (Å²) < 4.78 is 39.3. The fourth-order valence-electron chi connectivity index (χ4n) is 1.82. The first kappa shape index (κ1) is 17.1. The number of carbonyl (C=O) groups is 1. The minimum Gasteiger partial charge on any atom is -0.314 e. The quantitative estimate of drug-likeness (QED) is 0.744. The summed E-state index contributed by atoms with van der Waals surface area (Å²) in [6, 6.07) is 11.3. The lowest BCUT2D eigenvalue weighted by molar-refractivity contribution is -0.136. The first-order chi connectivity index (χ1) is 10.9. The third-order valence-corrected chi connectivity index (χ3v) is 3.59. The number of urea groups is 1. The van der Waals surface area contributed by atoms with Gasteiger partial charge in [-0.15, -0.1) is 0 Å². The van der Waals surface area contributed by atoms with E-state index in [0.717, 1.165) is 16.1 Å². The zero-order chi connectivity index (χ0) is 16.9. The zero-order valence-corrected chi connectivity index (χ0v) is 13.3. The third kappa shape index (κ3) is 4.85. The first-order valence-electron chi connectivity index (χ1n) is 6.53. The second kappa shape index (κ2) is 7.32. The van der Waals surface area contributed by atoms with Gasteiger partial charge in [-0.05, 0) is 29.8 Å². The molecule has 0 aliphatic heterocycles. The lowest BCUT2D eigenvalue weighted by Crippen LogP contribution is -2.25. The van der Waals surface area contributed by atoms with E-state index in [1.165, 1.54) is 24.4 Å². The molecule has 0 unspecified atom stereocenters. The largest absolute Gasteiger partial charge is 0.418 e. The van der Waals surface area contributed by atoms with Gasteiger partial charge in [0.15, 0.2) is 0 Å². The van der Waals surface area contributed by atoms with Crippen LogP contribution >= 0.6 is 15.9 Å². The average molecular weight is 385 g/mol. The predicted octanol–water partition coefficient (Wildman–Crippen LogP) is 5.26. The van der Waals surface area contributed by atoms with E-state index in [4.69, 9.17) is 0 Å². The Bertz CT molecular complexity index is 729. The molecule has 0 bridgehead atoms. The molecule has 0 spiro atoms. The number of halogens is 4. The molecule has 0 aromatic heterocycles. The van der Waals surface area contributed by atoms with E-state index in [2.05, 4.69) is 26.6 Å². The standard InChI is InChI=1S/C16H12BrF3N2O/c17-13-7-3-1-5-11(13)9-10-21-15(23)22-14-8-4-2-6-12(14)16(18,19)20/h1-10H,(H2,21,22,23)/b10-9+. The van der Waals surface area contributed by atoms with Gasteiger partial charge < -0.3 is 10.6 Å². The number of benzene rings is 2. The Balaban J connectivity index is 2.03. The Morgan fingerprint density at radius 1 is 1.04 bits per heavy atom. The van der Waals surface area contributed by atoms with E-state index in [1.807, 2.05) is 24.3 Å². The van der Waals surface area contributed by atoms with E-state index in [0.29, 0.717) is 0 Å². The summed E-state index contributed by atoms with van der Waals surface area (Å²) in [6.45, 7) is 0. The lowest BCUT2D eigenvalue weighted by Gasteiger charge is -2.13. The summed E-state index contributed by atoms with van der Waals surface area (Å²) in [5.41, 5.74) is -0.375. The highest BCUT2D eigenvalue weighted by atomic mass is 79.9. The maximum Gasteiger partial charge on any atom is 0.418 e. The van der Waals surface area contributed by atoms with Gasteiger partial charge in [-0.3, -0.25) is 0 Å².